The molecule has 52 heavy (non-hydrogen) atoms. The minimum Gasteiger partial charge on any atom is -0.444 e. The van der Waals surface area contributed by atoms with Crippen LogP contribution in [-0.4, -0.2) is 69.1 Å². The summed E-state index contributed by atoms with van der Waals surface area (Å²) in [5.74, 6) is 0.316. The number of anilines is 1. The molecule has 1 aromatic heterocycles. The van der Waals surface area contributed by atoms with Crippen LogP contribution in [0.3, 0.4) is 0 Å². The van der Waals surface area contributed by atoms with Gasteiger partial charge in [-0.2, -0.15) is 0 Å². The van der Waals surface area contributed by atoms with Crippen molar-refractivity contribution in [2.45, 2.75) is 84.6 Å². The first-order valence-electron chi connectivity index (χ1n) is 17.6. The first-order valence-corrected chi connectivity index (χ1v) is 17.6. The molecule has 5 rings (SSSR count). The smallest absolute Gasteiger partial charge is 0.408 e. The zero-order chi connectivity index (χ0) is 37.9. The highest BCUT2D eigenvalue weighted by molar-refractivity contribution is 5.90. The van der Waals surface area contributed by atoms with E-state index in [9.17, 15) is 19.2 Å². The van der Waals surface area contributed by atoms with Crippen molar-refractivity contribution in [3.8, 4) is 0 Å². The Bertz CT molecular complexity index is 1810. The first-order chi connectivity index (χ1) is 24.6. The number of fused-ring (bicyclic) bond motifs is 1. The third kappa shape index (κ3) is 11.9. The maximum Gasteiger partial charge on any atom is 0.408 e. The van der Waals surface area contributed by atoms with Gasteiger partial charge in [-0.1, -0.05) is 73.7 Å². The molecule has 1 aliphatic heterocycles. The van der Waals surface area contributed by atoms with Crippen LogP contribution < -0.4 is 16.4 Å². The molecule has 1 fully saturated rings. The number of carbonyl (C=O) groups excluding carboxylic acids is 4. The van der Waals surface area contributed by atoms with Crippen LogP contribution in [-0.2, 0) is 30.5 Å². The van der Waals surface area contributed by atoms with Crippen LogP contribution in [0.25, 0.3) is 10.8 Å². The number of hydrogen-bond donors (Lipinski definition) is 3. The summed E-state index contributed by atoms with van der Waals surface area (Å²) in [5, 5.41) is 7.43. The van der Waals surface area contributed by atoms with E-state index in [0.717, 1.165) is 47.8 Å². The molecule has 0 spiro atoms. The highest BCUT2D eigenvalue weighted by atomic mass is 16.6. The van der Waals surface area contributed by atoms with E-state index in [-0.39, 0.29) is 18.2 Å². The van der Waals surface area contributed by atoms with E-state index >= 15 is 0 Å². The Hall–Kier alpha value is -5.23. The quantitative estimate of drug-likeness (QED) is 0.156. The van der Waals surface area contributed by atoms with E-state index in [1.807, 2.05) is 58.0 Å². The number of imidazole rings is 1. The van der Waals surface area contributed by atoms with Crippen molar-refractivity contribution in [2.75, 3.05) is 25.0 Å². The van der Waals surface area contributed by atoms with Crippen LogP contribution in [0.15, 0.2) is 85.3 Å². The second kappa shape index (κ2) is 17.8. The molecule has 2 heterocycles. The lowest BCUT2D eigenvalue weighted by molar-refractivity contribution is -0.135. The second-order valence-electron chi connectivity index (χ2n) is 14.7. The summed E-state index contributed by atoms with van der Waals surface area (Å²) < 4.78 is 12.4. The Kier molecular flexibility index (Phi) is 13.5. The van der Waals surface area contributed by atoms with Crippen molar-refractivity contribution >= 4 is 40.4 Å². The number of ether oxygens (including phenoxy) is 2. The van der Waals surface area contributed by atoms with Crippen molar-refractivity contribution in [2.24, 2.45) is 11.7 Å². The summed E-state index contributed by atoms with van der Waals surface area (Å²) in [7, 11) is 0. The first kappa shape index (κ1) is 39.6. The van der Waals surface area contributed by atoms with E-state index < -0.39 is 29.2 Å². The van der Waals surface area contributed by atoms with Gasteiger partial charge in [0.25, 0.3) is 0 Å². The molecular weight excluding hydrogens is 660 g/mol. The minimum absolute atomic E-state index is 0.0526. The fraction of sp³-hybridized carbons (Fsp3) is 0.425. The molecule has 0 radical (unpaired) electrons. The molecule has 0 saturated carbocycles. The lowest BCUT2D eigenvalue weighted by Gasteiger charge is -2.33. The van der Waals surface area contributed by atoms with Gasteiger partial charge in [0.2, 0.25) is 17.7 Å². The number of primary amides is 1. The van der Waals surface area contributed by atoms with E-state index in [1.165, 1.54) is 13.8 Å². The van der Waals surface area contributed by atoms with Crippen LogP contribution in [0.4, 0.5) is 10.6 Å². The fourth-order valence-electron chi connectivity index (χ4n) is 5.52. The van der Waals surface area contributed by atoms with E-state index in [2.05, 4.69) is 46.8 Å². The number of amides is 4. The fourth-order valence-corrected chi connectivity index (χ4v) is 5.52. The van der Waals surface area contributed by atoms with E-state index in [0.29, 0.717) is 24.9 Å². The number of nitrogens with zero attached hydrogens (tertiary/aromatic N) is 3. The maximum atomic E-state index is 13.8. The third-order valence-corrected chi connectivity index (χ3v) is 8.60. The maximum absolute atomic E-state index is 13.8. The van der Waals surface area contributed by atoms with Crippen molar-refractivity contribution in [1.29, 1.82) is 0 Å². The number of alkyl carbamates (subject to hydrolysis) is 1. The number of rotatable bonds is 11. The molecule has 12 heteroatoms. The van der Waals surface area contributed by atoms with Gasteiger partial charge in [-0.3, -0.25) is 14.4 Å². The summed E-state index contributed by atoms with van der Waals surface area (Å²) in [6.07, 6.45) is 4.96. The van der Waals surface area contributed by atoms with Gasteiger partial charge in [-0.25, -0.2) is 9.78 Å². The standard InChI is InChI=1S/C31H34N4O3.C9H18N2O3/c1-23-13-16-34(17-14-23)31(37)30(27-12-11-25-9-5-6-10-26(25)19-27)35-20-28(32-22-35)33-29(36)15-18-38-21-24-7-3-2-4-8-24;1-8(2,3)14-7(13)11-9(4,5)6(10)12/h2-12,19-20,22-23,30H,13-18,21H2,1H3,(H,33,36);1-5H3,(H2,10,12)(H,11,13). The van der Waals surface area contributed by atoms with Gasteiger partial charge >= 0.3 is 6.09 Å². The molecule has 1 unspecified atom stereocenters. The molecule has 3 aromatic carbocycles. The van der Waals surface area contributed by atoms with E-state index in [1.54, 1.807) is 33.3 Å². The number of nitrogens with two attached hydrogens (primary N) is 1. The van der Waals surface area contributed by atoms with E-state index in [4.69, 9.17) is 15.2 Å². The number of hydrogen-bond acceptors (Lipinski definition) is 7. The highest BCUT2D eigenvalue weighted by Gasteiger charge is 2.31. The number of nitrogens with one attached hydrogen (secondary N) is 2. The molecule has 1 atom stereocenters. The van der Waals surface area contributed by atoms with Crippen LogP contribution >= 0.6 is 0 Å². The van der Waals surface area contributed by atoms with Crippen molar-refractivity contribution in [1.82, 2.24) is 19.8 Å². The molecule has 12 nitrogen and oxygen atoms in total. The minimum atomic E-state index is -1.09. The molecule has 0 aliphatic carbocycles. The number of aromatic nitrogens is 2. The van der Waals surface area contributed by atoms with Crippen LogP contribution in [0.5, 0.6) is 0 Å². The lowest BCUT2D eigenvalue weighted by Crippen LogP contribution is -2.54. The molecule has 1 saturated heterocycles. The molecule has 0 bridgehead atoms. The normalized spacial score (nSPS) is 14.2. The third-order valence-electron chi connectivity index (χ3n) is 8.60. The molecule has 4 aromatic rings. The van der Waals surface area contributed by atoms with Crippen molar-refractivity contribution in [3.05, 3.63) is 96.4 Å². The van der Waals surface area contributed by atoms with Gasteiger partial charge in [-0.05, 0) is 81.3 Å². The Morgan fingerprint density at radius 2 is 1.58 bits per heavy atom. The van der Waals surface area contributed by atoms with Gasteiger partial charge in [-0.15, -0.1) is 0 Å². The highest BCUT2D eigenvalue weighted by Crippen LogP contribution is 2.28. The Morgan fingerprint density at radius 3 is 2.23 bits per heavy atom. The van der Waals surface area contributed by atoms with Crippen LogP contribution in [0.1, 0.15) is 78.0 Å². The molecule has 4 amide bonds. The zero-order valence-electron chi connectivity index (χ0n) is 31.1. The van der Waals surface area contributed by atoms with Gasteiger partial charge in [0.05, 0.1) is 26.0 Å². The Balaban J connectivity index is 0.000000368. The summed E-state index contributed by atoms with van der Waals surface area (Å²) >= 11 is 0. The zero-order valence-corrected chi connectivity index (χ0v) is 31.1. The van der Waals surface area contributed by atoms with Crippen molar-refractivity contribution < 1.29 is 28.7 Å². The largest absolute Gasteiger partial charge is 0.444 e. The predicted molar refractivity (Wildman–Crippen MR) is 201 cm³/mol. The van der Waals surface area contributed by atoms with Gasteiger partial charge < -0.3 is 35.3 Å². The van der Waals surface area contributed by atoms with Gasteiger partial charge in [0, 0.05) is 19.3 Å². The van der Waals surface area contributed by atoms with Gasteiger partial charge in [0.1, 0.15) is 17.2 Å². The Labute approximate surface area is 306 Å². The summed E-state index contributed by atoms with van der Waals surface area (Å²) in [6, 6.07) is 23.6. The van der Waals surface area contributed by atoms with Crippen LogP contribution in [0.2, 0.25) is 0 Å². The average molecular weight is 713 g/mol. The molecule has 4 N–H and O–H groups in total. The average Bonchev–Trinajstić information content (AvgIpc) is 3.54. The number of carbonyl (C=O) groups is 4. The number of piperidine rings is 1. The van der Waals surface area contributed by atoms with Crippen LogP contribution in [0, 0.1) is 5.92 Å². The summed E-state index contributed by atoms with van der Waals surface area (Å²) in [6.45, 7) is 12.8. The molecule has 1 aliphatic rings. The Morgan fingerprint density at radius 1 is 0.923 bits per heavy atom. The summed E-state index contributed by atoms with van der Waals surface area (Å²) in [5.41, 5.74) is 5.36. The molecular formula is C40H52N6O6. The summed E-state index contributed by atoms with van der Waals surface area (Å²) in [4.78, 5) is 54.8. The van der Waals surface area contributed by atoms with Crippen molar-refractivity contribution in [3.63, 3.8) is 0 Å². The predicted octanol–water partition coefficient (Wildman–Crippen LogP) is 6.20. The van der Waals surface area contributed by atoms with Gasteiger partial charge in [0.15, 0.2) is 5.82 Å². The monoisotopic (exact) mass is 712 g/mol. The number of benzene rings is 3. The number of likely N-dealkylation sites (tertiary alicyclic amines) is 1. The second-order valence-corrected chi connectivity index (χ2v) is 14.7. The topological polar surface area (TPSA) is 158 Å². The SMILES string of the molecule is CC(C)(C)OC(=O)NC(C)(C)C(N)=O.CC1CCN(C(=O)C(c2ccc3ccccc3c2)n2cnc(NC(=O)CCOCc3ccccc3)c2)CC1. The lowest BCUT2D eigenvalue weighted by atomic mass is 9.96. The molecule has 278 valence electrons.